The van der Waals surface area contributed by atoms with Crippen molar-refractivity contribution < 1.29 is 18.0 Å². The molecule has 1 amide bonds. The number of hydrogen-bond donors (Lipinski definition) is 0. The van der Waals surface area contributed by atoms with Crippen molar-refractivity contribution in [3.8, 4) is 0 Å². The number of alkyl halides is 3. The fraction of sp³-hybridized carbons (Fsp3) is 0.364. The van der Waals surface area contributed by atoms with Crippen molar-refractivity contribution in [2.24, 2.45) is 0 Å². The van der Waals surface area contributed by atoms with Crippen molar-refractivity contribution >= 4 is 23.6 Å². The lowest BCUT2D eigenvalue weighted by Crippen LogP contribution is -2.44. The summed E-state index contributed by atoms with van der Waals surface area (Å²) in [6.45, 7) is 1.66. The van der Waals surface area contributed by atoms with Crippen LogP contribution in [0.4, 0.5) is 13.2 Å². The fourth-order valence-electron chi connectivity index (χ4n) is 3.55. The smallest absolute Gasteiger partial charge is 0.339 e. The topological polar surface area (TPSA) is 36.4 Å². The van der Waals surface area contributed by atoms with Gasteiger partial charge in [-0.15, -0.1) is 0 Å². The number of halogens is 4. The SMILES string of the molecule is CN(Cc1cccc(C(F)(F)F)c1)C1CCN(C(=O)/C=C/c2ccc(Cl)nc2)CC1. The Balaban J connectivity index is 1.51. The number of aromatic nitrogens is 1. The van der Waals surface area contributed by atoms with Gasteiger partial charge in [-0.3, -0.25) is 9.69 Å². The van der Waals surface area contributed by atoms with Crippen LogP contribution in [0, 0.1) is 0 Å². The first-order chi connectivity index (χ1) is 14.2. The first-order valence-electron chi connectivity index (χ1n) is 9.67. The number of carbonyl (C=O) groups excluding carboxylic acids is 1. The molecule has 0 unspecified atom stereocenters. The molecule has 0 radical (unpaired) electrons. The van der Waals surface area contributed by atoms with Gasteiger partial charge in [0.15, 0.2) is 0 Å². The van der Waals surface area contributed by atoms with E-state index in [-0.39, 0.29) is 11.9 Å². The highest BCUT2D eigenvalue weighted by molar-refractivity contribution is 6.29. The average Bonchev–Trinajstić information content (AvgIpc) is 2.73. The van der Waals surface area contributed by atoms with Crippen LogP contribution in [-0.4, -0.2) is 46.9 Å². The molecule has 1 saturated heterocycles. The zero-order chi connectivity index (χ0) is 21.7. The highest BCUT2D eigenvalue weighted by atomic mass is 35.5. The summed E-state index contributed by atoms with van der Waals surface area (Å²) in [7, 11) is 1.91. The summed E-state index contributed by atoms with van der Waals surface area (Å²) in [5, 5.41) is 0.398. The summed E-state index contributed by atoms with van der Waals surface area (Å²) >= 11 is 5.75. The van der Waals surface area contributed by atoms with E-state index in [0.29, 0.717) is 30.4 Å². The van der Waals surface area contributed by atoms with E-state index in [2.05, 4.69) is 9.88 Å². The largest absolute Gasteiger partial charge is 0.416 e. The van der Waals surface area contributed by atoms with Crippen LogP contribution in [0.2, 0.25) is 5.15 Å². The maximum atomic E-state index is 12.9. The van der Waals surface area contributed by atoms with E-state index in [1.807, 2.05) is 7.05 Å². The van der Waals surface area contributed by atoms with Gasteiger partial charge < -0.3 is 4.90 Å². The lowest BCUT2D eigenvalue weighted by Gasteiger charge is -2.36. The zero-order valence-corrected chi connectivity index (χ0v) is 17.3. The number of nitrogens with zero attached hydrogens (tertiary/aromatic N) is 3. The Morgan fingerprint density at radius 1 is 1.27 bits per heavy atom. The van der Waals surface area contributed by atoms with Crippen molar-refractivity contribution in [1.29, 1.82) is 0 Å². The predicted octanol–water partition coefficient (Wildman–Crippen LogP) is 4.89. The van der Waals surface area contributed by atoms with Gasteiger partial charge in [0.2, 0.25) is 5.91 Å². The number of rotatable bonds is 5. The van der Waals surface area contributed by atoms with Gasteiger partial charge in [-0.1, -0.05) is 35.9 Å². The fourth-order valence-corrected chi connectivity index (χ4v) is 3.66. The molecule has 0 saturated carbocycles. The third kappa shape index (κ3) is 6.06. The lowest BCUT2D eigenvalue weighted by atomic mass is 10.0. The van der Waals surface area contributed by atoms with E-state index in [0.717, 1.165) is 24.5 Å². The Bertz CT molecular complexity index is 891. The normalized spacial score (nSPS) is 15.9. The summed E-state index contributed by atoms with van der Waals surface area (Å²) in [6, 6.07) is 9.10. The Labute approximate surface area is 179 Å². The summed E-state index contributed by atoms with van der Waals surface area (Å²) in [4.78, 5) is 20.2. The molecular formula is C22H23ClF3N3O. The molecule has 1 aliphatic heterocycles. The van der Waals surface area contributed by atoms with Crippen LogP contribution in [0.3, 0.4) is 0 Å². The molecule has 1 aromatic carbocycles. The molecule has 1 aliphatic rings. The van der Waals surface area contributed by atoms with Gasteiger partial charge in [-0.2, -0.15) is 13.2 Å². The lowest BCUT2D eigenvalue weighted by molar-refractivity contribution is -0.137. The number of benzene rings is 1. The van der Waals surface area contributed by atoms with Crippen LogP contribution in [0.5, 0.6) is 0 Å². The monoisotopic (exact) mass is 437 g/mol. The molecular weight excluding hydrogens is 415 g/mol. The molecule has 8 heteroatoms. The quantitative estimate of drug-likeness (QED) is 0.493. The molecule has 30 heavy (non-hydrogen) atoms. The van der Waals surface area contributed by atoms with Crippen molar-refractivity contribution in [3.05, 3.63) is 70.5 Å². The maximum Gasteiger partial charge on any atom is 0.416 e. The minimum absolute atomic E-state index is 0.0658. The number of carbonyl (C=O) groups is 1. The van der Waals surface area contributed by atoms with Crippen LogP contribution >= 0.6 is 11.6 Å². The summed E-state index contributed by atoms with van der Waals surface area (Å²) in [5.41, 5.74) is 0.797. The van der Waals surface area contributed by atoms with Crippen LogP contribution in [-0.2, 0) is 17.5 Å². The standard InChI is InChI=1S/C22H23ClF3N3O/c1-28(15-17-3-2-4-18(13-17)22(24,25)26)19-9-11-29(12-10-19)21(30)8-6-16-5-7-20(23)27-14-16/h2-8,13-14,19H,9-12,15H2,1H3/b8-6+. The second kappa shape index (κ2) is 9.62. The van der Waals surface area contributed by atoms with Gasteiger partial charge >= 0.3 is 6.18 Å². The summed E-state index contributed by atoms with van der Waals surface area (Å²) in [5.74, 6) is -0.0658. The average molecular weight is 438 g/mol. The first-order valence-corrected chi connectivity index (χ1v) is 10.0. The van der Waals surface area contributed by atoms with Crippen LogP contribution in [0.15, 0.2) is 48.7 Å². The zero-order valence-electron chi connectivity index (χ0n) is 16.6. The van der Waals surface area contributed by atoms with Gasteiger partial charge in [0, 0.05) is 37.9 Å². The van der Waals surface area contributed by atoms with E-state index in [1.165, 1.54) is 18.2 Å². The second-order valence-electron chi connectivity index (χ2n) is 7.42. The van der Waals surface area contributed by atoms with Crippen molar-refractivity contribution in [2.45, 2.75) is 31.6 Å². The Hall–Kier alpha value is -2.38. The van der Waals surface area contributed by atoms with Gasteiger partial charge in [0.1, 0.15) is 5.15 Å². The molecule has 0 aliphatic carbocycles. The number of likely N-dealkylation sites (tertiary alicyclic amines) is 1. The number of pyridine rings is 1. The highest BCUT2D eigenvalue weighted by Crippen LogP contribution is 2.30. The molecule has 3 rings (SSSR count). The molecule has 160 valence electrons. The van der Waals surface area contributed by atoms with E-state index < -0.39 is 11.7 Å². The van der Waals surface area contributed by atoms with Crippen molar-refractivity contribution in [2.75, 3.05) is 20.1 Å². The van der Waals surface area contributed by atoms with E-state index in [9.17, 15) is 18.0 Å². The molecule has 1 aromatic heterocycles. The Morgan fingerprint density at radius 3 is 2.63 bits per heavy atom. The van der Waals surface area contributed by atoms with Crippen LogP contribution in [0.1, 0.15) is 29.5 Å². The molecule has 2 heterocycles. The molecule has 2 aromatic rings. The number of piperidine rings is 1. The molecule has 0 bridgehead atoms. The molecule has 1 fully saturated rings. The molecule has 0 spiro atoms. The Kier molecular flexibility index (Phi) is 7.15. The minimum atomic E-state index is -4.34. The minimum Gasteiger partial charge on any atom is -0.339 e. The highest BCUT2D eigenvalue weighted by Gasteiger charge is 2.30. The van der Waals surface area contributed by atoms with E-state index in [4.69, 9.17) is 11.6 Å². The van der Waals surface area contributed by atoms with Gasteiger partial charge in [-0.05, 0) is 49.2 Å². The molecule has 0 atom stereocenters. The summed E-state index contributed by atoms with van der Waals surface area (Å²) in [6.07, 6.45) is 2.04. The Morgan fingerprint density at radius 2 is 2.00 bits per heavy atom. The maximum absolute atomic E-state index is 12.9. The second-order valence-corrected chi connectivity index (χ2v) is 7.80. The third-order valence-corrected chi connectivity index (χ3v) is 5.48. The molecule has 0 N–H and O–H groups in total. The van der Waals surface area contributed by atoms with E-state index >= 15 is 0 Å². The third-order valence-electron chi connectivity index (χ3n) is 5.25. The van der Waals surface area contributed by atoms with Gasteiger partial charge in [0.05, 0.1) is 5.56 Å². The first kappa shape index (κ1) is 22.3. The van der Waals surface area contributed by atoms with Crippen LogP contribution < -0.4 is 0 Å². The predicted molar refractivity (Wildman–Crippen MR) is 111 cm³/mol. The van der Waals surface area contributed by atoms with Crippen molar-refractivity contribution in [1.82, 2.24) is 14.8 Å². The van der Waals surface area contributed by atoms with Crippen LogP contribution in [0.25, 0.3) is 6.08 Å². The van der Waals surface area contributed by atoms with Gasteiger partial charge in [-0.25, -0.2) is 4.98 Å². The number of amides is 1. The van der Waals surface area contributed by atoms with E-state index in [1.54, 1.807) is 35.4 Å². The van der Waals surface area contributed by atoms with Crippen molar-refractivity contribution in [3.63, 3.8) is 0 Å². The molecule has 4 nitrogen and oxygen atoms in total. The number of hydrogen-bond acceptors (Lipinski definition) is 3. The summed E-state index contributed by atoms with van der Waals surface area (Å²) < 4.78 is 38.7. The van der Waals surface area contributed by atoms with Gasteiger partial charge in [0.25, 0.3) is 0 Å².